The SMILES string of the molecule is CC(C)NC(N)=NCc1cc(Br)ccc1F. The monoisotopic (exact) mass is 287 g/mol. The van der Waals surface area contributed by atoms with E-state index in [1.807, 2.05) is 13.8 Å². The lowest BCUT2D eigenvalue weighted by molar-refractivity contribution is 0.610. The van der Waals surface area contributed by atoms with E-state index in [2.05, 4.69) is 26.2 Å². The Labute approximate surface area is 103 Å². The first-order valence-corrected chi connectivity index (χ1v) is 5.78. The molecule has 0 spiro atoms. The number of halogens is 2. The molecule has 0 saturated carbocycles. The van der Waals surface area contributed by atoms with Gasteiger partial charge in [-0.3, -0.25) is 0 Å². The van der Waals surface area contributed by atoms with Gasteiger partial charge in [-0.05, 0) is 32.0 Å². The predicted molar refractivity (Wildman–Crippen MR) is 67.7 cm³/mol. The zero-order valence-corrected chi connectivity index (χ0v) is 10.9. The Hall–Kier alpha value is -1.10. The van der Waals surface area contributed by atoms with Crippen molar-refractivity contribution in [3.05, 3.63) is 34.1 Å². The molecule has 0 unspecified atom stereocenters. The lowest BCUT2D eigenvalue weighted by Gasteiger charge is -2.08. The average molecular weight is 288 g/mol. The first kappa shape index (κ1) is 13.0. The van der Waals surface area contributed by atoms with Crippen LogP contribution < -0.4 is 11.1 Å². The number of guanidine groups is 1. The van der Waals surface area contributed by atoms with Gasteiger partial charge in [-0.25, -0.2) is 9.38 Å². The van der Waals surface area contributed by atoms with Gasteiger partial charge in [0.05, 0.1) is 6.54 Å². The second-order valence-electron chi connectivity index (χ2n) is 3.74. The Balaban J connectivity index is 2.70. The quantitative estimate of drug-likeness (QED) is 0.663. The standard InChI is InChI=1S/C11H15BrFN3/c1-7(2)16-11(14)15-6-8-5-9(12)3-4-10(8)13/h3-5,7H,6H2,1-2H3,(H3,14,15,16). The van der Waals surface area contributed by atoms with Crippen LogP contribution in [0.5, 0.6) is 0 Å². The van der Waals surface area contributed by atoms with E-state index in [1.165, 1.54) is 6.07 Å². The van der Waals surface area contributed by atoms with Crippen LogP contribution in [0.25, 0.3) is 0 Å². The highest BCUT2D eigenvalue weighted by molar-refractivity contribution is 9.10. The molecule has 0 bridgehead atoms. The maximum atomic E-state index is 13.3. The third kappa shape index (κ3) is 4.18. The van der Waals surface area contributed by atoms with Crippen molar-refractivity contribution >= 4 is 21.9 Å². The highest BCUT2D eigenvalue weighted by Crippen LogP contribution is 2.16. The van der Waals surface area contributed by atoms with Crippen molar-refractivity contribution in [2.75, 3.05) is 0 Å². The summed E-state index contributed by atoms with van der Waals surface area (Å²) in [6.45, 7) is 4.15. The third-order valence-corrected chi connectivity index (χ3v) is 2.36. The average Bonchev–Trinajstić information content (AvgIpc) is 2.18. The van der Waals surface area contributed by atoms with Crippen LogP contribution in [0.2, 0.25) is 0 Å². The number of nitrogens with zero attached hydrogens (tertiary/aromatic N) is 1. The third-order valence-electron chi connectivity index (χ3n) is 1.86. The smallest absolute Gasteiger partial charge is 0.189 e. The van der Waals surface area contributed by atoms with Crippen LogP contribution in [0, 0.1) is 5.82 Å². The highest BCUT2D eigenvalue weighted by Gasteiger charge is 2.02. The van der Waals surface area contributed by atoms with Crippen molar-refractivity contribution in [2.45, 2.75) is 26.4 Å². The summed E-state index contributed by atoms with van der Waals surface area (Å²) in [5.41, 5.74) is 6.13. The summed E-state index contributed by atoms with van der Waals surface area (Å²) in [6.07, 6.45) is 0. The summed E-state index contributed by atoms with van der Waals surface area (Å²) in [5, 5.41) is 2.94. The van der Waals surface area contributed by atoms with E-state index in [4.69, 9.17) is 5.73 Å². The fraction of sp³-hybridized carbons (Fsp3) is 0.364. The van der Waals surface area contributed by atoms with Gasteiger partial charge < -0.3 is 11.1 Å². The molecule has 0 aliphatic heterocycles. The number of benzene rings is 1. The van der Waals surface area contributed by atoms with Crippen molar-refractivity contribution in [1.29, 1.82) is 0 Å². The molecule has 3 N–H and O–H groups in total. The molecule has 0 fully saturated rings. The van der Waals surface area contributed by atoms with Crippen LogP contribution in [0.1, 0.15) is 19.4 Å². The minimum absolute atomic E-state index is 0.219. The van der Waals surface area contributed by atoms with Crippen LogP contribution in [0.4, 0.5) is 4.39 Å². The molecule has 0 atom stereocenters. The van der Waals surface area contributed by atoms with Gasteiger partial charge in [0.1, 0.15) is 5.82 Å². The van der Waals surface area contributed by atoms with Gasteiger partial charge in [0.15, 0.2) is 5.96 Å². The molecule has 0 aromatic heterocycles. The van der Waals surface area contributed by atoms with E-state index in [-0.39, 0.29) is 18.4 Å². The van der Waals surface area contributed by atoms with Crippen molar-refractivity contribution in [3.8, 4) is 0 Å². The molecular weight excluding hydrogens is 273 g/mol. The molecule has 88 valence electrons. The highest BCUT2D eigenvalue weighted by atomic mass is 79.9. The van der Waals surface area contributed by atoms with Crippen LogP contribution in [-0.2, 0) is 6.54 Å². The maximum Gasteiger partial charge on any atom is 0.189 e. The largest absolute Gasteiger partial charge is 0.370 e. The number of hydrogen-bond acceptors (Lipinski definition) is 1. The molecule has 0 saturated heterocycles. The van der Waals surface area contributed by atoms with E-state index in [1.54, 1.807) is 12.1 Å². The van der Waals surface area contributed by atoms with Gasteiger partial charge in [-0.2, -0.15) is 0 Å². The van der Waals surface area contributed by atoms with E-state index >= 15 is 0 Å². The van der Waals surface area contributed by atoms with Crippen LogP contribution in [0.3, 0.4) is 0 Å². The fourth-order valence-electron chi connectivity index (χ4n) is 1.18. The maximum absolute atomic E-state index is 13.3. The molecule has 5 heteroatoms. The summed E-state index contributed by atoms with van der Waals surface area (Å²) < 4.78 is 14.2. The Bertz CT molecular complexity index is 391. The van der Waals surface area contributed by atoms with Crippen LogP contribution in [-0.4, -0.2) is 12.0 Å². The Morgan fingerprint density at radius 3 is 2.88 bits per heavy atom. The summed E-state index contributed by atoms with van der Waals surface area (Å²) in [4.78, 5) is 4.06. The first-order chi connectivity index (χ1) is 7.49. The minimum Gasteiger partial charge on any atom is -0.370 e. The lowest BCUT2D eigenvalue weighted by atomic mass is 10.2. The van der Waals surface area contributed by atoms with Crippen molar-refractivity contribution < 1.29 is 4.39 Å². The van der Waals surface area contributed by atoms with Gasteiger partial charge in [0.25, 0.3) is 0 Å². The fourth-order valence-corrected chi connectivity index (χ4v) is 1.58. The van der Waals surface area contributed by atoms with Crippen molar-refractivity contribution in [1.82, 2.24) is 5.32 Å². The molecule has 3 nitrogen and oxygen atoms in total. The Kier molecular flexibility index (Phi) is 4.73. The Morgan fingerprint density at radius 2 is 2.25 bits per heavy atom. The molecular formula is C11H15BrFN3. The van der Waals surface area contributed by atoms with Gasteiger partial charge in [0.2, 0.25) is 0 Å². The minimum atomic E-state index is -0.274. The molecule has 1 aromatic carbocycles. The predicted octanol–water partition coefficient (Wildman–Crippen LogP) is 2.40. The summed E-state index contributed by atoms with van der Waals surface area (Å²) in [5.74, 6) is 0.0543. The summed E-state index contributed by atoms with van der Waals surface area (Å²) in [7, 11) is 0. The number of nitrogens with two attached hydrogens (primary N) is 1. The summed E-state index contributed by atoms with van der Waals surface area (Å²) >= 11 is 3.28. The second-order valence-corrected chi connectivity index (χ2v) is 4.65. The van der Waals surface area contributed by atoms with E-state index in [0.29, 0.717) is 11.5 Å². The zero-order valence-electron chi connectivity index (χ0n) is 9.30. The second kappa shape index (κ2) is 5.84. The zero-order chi connectivity index (χ0) is 12.1. The van der Waals surface area contributed by atoms with E-state index < -0.39 is 0 Å². The number of aliphatic imine (C=N–C) groups is 1. The van der Waals surface area contributed by atoms with Gasteiger partial charge in [0, 0.05) is 16.1 Å². The normalized spacial score (nSPS) is 11.9. The Morgan fingerprint density at radius 1 is 1.56 bits per heavy atom. The number of rotatable bonds is 3. The molecule has 1 rings (SSSR count). The molecule has 0 heterocycles. The first-order valence-electron chi connectivity index (χ1n) is 4.99. The van der Waals surface area contributed by atoms with E-state index in [0.717, 1.165) is 4.47 Å². The molecule has 1 aromatic rings. The number of nitrogens with one attached hydrogen (secondary N) is 1. The molecule has 0 amide bonds. The molecule has 16 heavy (non-hydrogen) atoms. The van der Waals surface area contributed by atoms with Gasteiger partial charge in [-0.15, -0.1) is 0 Å². The van der Waals surface area contributed by atoms with Crippen LogP contribution in [0.15, 0.2) is 27.7 Å². The van der Waals surface area contributed by atoms with Crippen LogP contribution >= 0.6 is 15.9 Å². The molecule has 0 aliphatic carbocycles. The lowest BCUT2D eigenvalue weighted by Crippen LogP contribution is -2.36. The van der Waals surface area contributed by atoms with Crippen molar-refractivity contribution in [2.24, 2.45) is 10.7 Å². The number of hydrogen-bond donors (Lipinski definition) is 2. The molecule has 0 radical (unpaired) electrons. The summed E-state index contributed by atoms with van der Waals surface area (Å²) in [6, 6.07) is 4.97. The molecule has 0 aliphatic rings. The van der Waals surface area contributed by atoms with Gasteiger partial charge in [-0.1, -0.05) is 15.9 Å². The topological polar surface area (TPSA) is 50.4 Å². The van der Waals surface area contributed by atoms with E-state index in [9.17, 15) is 4.39 Å². The van der Waals surface area contributed by atoms with Crippen molar-refractivity contribution in [3.63, 3.8) is 0 Å². The van der Waals surface area contributed by atoms with Gasteiger partial charge >= 0.3 is 0 Å².